The molecular formula is C20H17F3N4O5S2. The van der Waals surface area contributed by atoms with Gasteiger partial charge in [0.2, 0.25) is 20.0 Å². The van der Waals surface area contributed by atoms with E-state index in [1.54, 1.807) is 0 Å². The fourth-order valence-corrected chi connectivity index (χ4v) is 5.95. The number of amides is 1. The number of halogens is 3. The Hall–Kier alpha value is -3.52. The van der Waals surface area contributed by atoms with Crippen LogP contribution in [0.15, 0.2) is 60.9 Å². The standard InChI is InChI=1S/C20H17F3N4O5S2/c1-33(29,30)27(34(2,31)32)16-4-3-11-24-18(16)13-5-7-14(8-6-13)19(28)26-17-10-9-15(12-25-17)20(21,22)23/h3-12H,1-2H3,(H,25,26,28). The number of carbonyl (C=O) groups excluding carboxylic acids is 1. The fraction of sp³-hybridized carbons (Fsp3) is 0.150. The Morgan fingerprint density at radius 2 is 1.53 bits per heavy atom. The fourth-order valence-electron chi connectivity index (χ4n) is 2.97. The van der Waals surface area contributed by atoms with Crippen molar-refractivity contribution in [2.75, 3.05) is 21.5 Å². The second-order valence-corrected chi connectivity index (χ2v) is 10.9. The van der Waals surface area contributed by atoms with Crippen LogP contribution in [0.5, 0.6) is 0 Å². The van der Waals surface area contributed by atoms with Crippen molar-refractivity contribution in [3.05, 3.63) is 72.1 Å². The molecule has 0 spiro atoms. The topological polar surface area (TPSA) is 126 Å². The minimum absolute atomic E-state index is 0.0368. The van der Waals surface area contributed by atoms with Gasteiger partial charge in [-0.1, -0.05) is 12.1 Å². The lowest BCUT2D eigenvalue weighted by Crippen LogP contribution is -2.35. The number of carbonyl (C=O) groups is 1. The third kappa shape index (κ3) is 5.69. The van der Waals surface area contributed by atoms with Crippen LogP contribution in [0.3, 0.4) is 0 Å². The maximum absolute atomic E-state index is 12.6. The largest absolute Gasteiger partial charge is 0.417 e. The molecule has 0 saturated carbocycles. The highest BCUT2D eigenvalue weighted by Gasteiger charge is 2.31. The van der Waals surface area contributed by atoms with Crippen LogP contribution in [0.25, 0.3) is 11.3 Å². The van der Waals surface area contributed by atoms with Crippen LogP contribution in [-0.4, -0.2) is 45.2 Å². The molecule has 34 heavy (non-hydrogen) atoms. The van der Waals surface area contributed by atoms with Gasteiger partial charge in [0.05, 0.1) is 29.5 Å². The molecule has 0 fully saturated rings. The van der Waals surface area contributed by atoms with E-state index >= 15 is 0 Å². The molecule has 0 radical (unpaired) electrons. The zero-order valence-electron chi connectivity index (χ0n) is 17.6. The average Bonchev–Trinajstić information content (AvgIpc) is 2.72. The van der Waals surface area contributed by atoms with E-state index in [1.807, 2.05) is 0 Å². The highest BCUT2D eigenvalue weighted by molar-refractivity contribution is 8.09. The van der Waals surface area contributed by atoms with Crippen molar-refractivity contribution in [1.29, 1.82) is 0 Å². The van der Waals surface area contributed by atoms with Crippen molar-refractivity contribution >= 4 is 37.5 Å². The molecular weight excluding hydrogens is 497 g/mol. The van der Waals surface area contributed by atoms with Crippen LogP contribution < -0.4 is 9.03 Å². The monoisotopic (exact) mass is 514 g/mol. The van der Waals surface area contributed by atoms with E-state index < -0.39 is 37.7 Å². The van der Waals surface area contributed by atoms with Crippen molar-refractivity contribution in [2.45, 2.75) is 6.18 Å². The number of anilines is 2. The van der Waals surface area contributed by atoms with Gasteiger partial charge in [-0.2, -0.15) is 16.9 Å². The van der Waals surface area contributed by atoms with E-state index in [1.165, 1.54) is 42.6 Å². The van der Waals surface area contributed by atoms with Gasteiger partial charge in [0.25, 0.3) is 5.91 Å². The summed E-state index contributed by atoms with van der Waals surface area (Å²) in [5.41, 5.74) is -0.685. The SMILES string of the molecule is CS(=O)(=O)N(c1cccnc1-c1ccc(C(=O)Nc2ccc(C(F)(F)F)cn2)cc1)S(C)(=O)=O. The zero-order chi connectivity index (χ0) is 25.3. The number of nitrogens with zero attached hydrogens (tertiary/aromatic N) is 3. The van der Waals surface area contributed by atoms with Gasteiger partial charge >= 0.3 is 6.18 Å². The first kappa shape index (κ1) is 25.1. The summed E-state index contributed by atoms with van der Waals surface area (Å²) in [5.74, 6) is -0.750. The quantitative estimate of drug-likeness (QED) is 0.536. The highest BCUT2D eigenvalue weighted by Crippen LogP contribution is 2.32. The van der Waals surface area contributed by atoms with Crippen LogP contribution in [0.4, 0.5) is 24.7 Å². The summed E-state index contributed by atoms with van der Waals surface area (Å²) in [6, 6.07) is 10.0. The number of benzene rings is 1. The van der Waals surface area contributed by atoms with Gasteiger partial charge in [-0.3, -0.25) is 9.78 Å². The van der Waals surface area contributed by atoms with Gasteiger partial charge in [-0.25, -0.2) is 21.8 Å². The molecule has 14 heteroatoms. The van der Waals surface area contributed by atoms with Crippen molar-refractivity contribution in [3.63, 3.8) is 0 Å². The summed E-state index contributed by atoms with van der Waals surface area (Å²) in [5, 5.41) is 2.37. The Labute approximate surface area is 193 Å². The number of pyridine rings is 2. The third-order valence-corrected chi connectivity index (χ3v) is 7.56. The summed E-state index contributed by atoms with van der Waals surface area (Å²) < 4.78 is 86.8. The number of rotatable bonds is 6. The Balaban J connectivity index is 1.89. The van der Waals surface area contributed by atoms with E-state index in [9.17, 15) is 34.8 Å². The Morgan fingerprint density at radius 1 is 0.912 bits per heavy atom. The lowest BCUT2D eigenvalue weighted by atomic mass is 10.1. The molecule has 0 bridgehead atoms. The van der Waals surface area contributed by atoms with E-state index in [4.69, 9.17) is 0 Å². The van der Waals surface area contributed by atoms with Crippen molar-refractivity contribution in [1.82, 2.24) is 9.97 Å². The molecule has 3 aromatic rings. The van der Waals surface area contributed by atoms with Crippen LogP contribution in [0.1, 0.15) is 15.9 Å². The Kier molecular flexibility index (Phi) is 6.66. The summed E-state index contributed by atoms with van der Waals surface area (Å²) in [6.07, 6.45) is -1.13. The van der Waals surface area contributed by atoms with Crippen LogP contribution >= 0.6 is 0 Å². The molecule has 0 aliphatic heterocycles. The van der Waals surface area contributed by atoms with Crippen molar-refractivity contribution in [3.8, 4) is 11.3 Å². The number of aromatic nitrogens is 2. The number of hydrogen-bond donors (Lipinski definition) is 1. The maximum atomic E-state index is 12.6. The minimum Gasteiger partial charge on any atom is -0.307 e. The number of sulfonamides is 2. The molecule has 3 rings (SSSR count). The predicted octanol–water partition coefficient (Wildman–Crippen LogP) is 3.14. The molecule has 0 unspecified atom stereocenters. The van der Waals surface area contributed by atoms with Gasteiger partial charge in [0.1, 0.15) is 5.82 Å². The molecule has 180 valence electrons. The van der Waals surface area contributed by atoms with Crippen LogP contribution in [0, 0.1) is 0 Å². The first-order valence-corrected chi connectivity index (χ1v) is 13.0. The lowest BCUT2D eigenvalue weighted by molar-refractivity contribution is -0.137. The summed E-state index contributed by atoms with van der Waals surface area (Å²) in [6.45, 7) is 0. The van der Waals surface area contributed by atoms with Crippen molar-refractivity contribution < 1.29 is 34.8 Å². The molecule has 9 nitrogen and oxygen atoms in total. The van der Waals surface area contributed by atoms with Gasteiger partial charge in [-0.15, -0.1) is 0 Å². The predicted molar refractivity (Wildman–Crippen MR) is 119 cm³/mol. The summed E-state index contributed by atoms with van der Waals surface area (Å²) >= 11 is 0. The molecule has 0 saturated heterocycles. The Morgan fingerprint density at radius 3 is 2.03 bits per heavy atom. The van der Waals surface area contributed by atoms with Gasteiger partial charge in [-0.05, 0) is 36.4 Å². The van der Waals surface area contributed by atoms with Gasteiger partial charge < -0.3 is 5.32 Å². The van der Waals surface area contributed by atoms with Crippen LogP contribution in [-0.2, 0) is 26.2 Å². The van der Waals surface area contributed by atoms with Gasteiger partial charge in [0.15, 0.2) is 0 Å². The highest BCUT2D eigenvalue weighted by atomic mass is 32.3. The summed E-state index contributed by atoms with van der Waals surface area (Å²) in [4.78, 5) is 20.1. The molecule has 1 amide bonds. The normalized spacial score (nSPS) is 12.3. The first-order chi connectivity index (χ1) is 15.7. The second-order valence-electron chi connectivity index (χ2n) is 7.06. The molecule has 0 aliphatic carbocycles. The molecule has 2 heterocycles. The van der Waals surface area contributed by atoms with E-state index in [0.717, 1.165) is 24.6 Å². The molecule has 1 aromatic carbocycles. The molecule has 0 aliphatic rings. The molecule has 0 atom stereocenters. The smallest absolute Gasteiger partial charge is 0.307 e. The number of alkyl halides is 3. The minimum atomic E-state index is -4.56. The van der Waals surface area contributed by atoms with Crippen molar-refractivity contribution in [2.24, 2.45) is 0 Å². The molecule has 2 aromatic heterocycles. The van der Waals surface area contributed by atoms with Gasteiger partial charge in [0, 0.05) is 23.5 Å². The lowest BCUT2D eigenvalue weighted by Gasteiger charge is -2.22. The zero-order valence-corrected chi connectivity index (χ0v) is 19.2. The summed E-state index contributed by atoms with van der Waals surface area (Å²) in [7, 11) is -8.42. The molecule has 1 N–H and O–H groups in total. The first-order valence-electron chi connectivity index (χ1n) is 9.28. The van der Waals surface area contributed by atoms with E-state index in [2.05, 4.69) is 15.3 Å². The maximum Gasteiger partial charge on any atom is 0.417 e. The second kappa shape index (κ2) is 9.02. The van der Waals surface area contributed by atoms with Crippen LogP contribution in [0.2, 0.25) is 0 Å². The third-order valence-electron chi connectivity index (χ3n) is 4.34. The average molecular weight is 515 g/mol. The van der Waals surface area contributed by atoms with E-state index in [0.29, 0.717) is 11.8 Å². The van der Waals surface area contributed by atoms with E-state index in [-0.39, 0.29) is 26.5 Å². The number of hydrogen-bond acceptors (Lipinski definition) is 7. The Bertz CT molecular complexity index is 1390. The number of nitrogens with one attached hydrogen (secondary N) is 1.